The van der Waals surface area contributed by atoms with Crippen molar-refractivity contribution >= 4 is 27.7 Å². The fraction of sp³-hybridized carbons (Fsp3) is 0.500. The zero-order chi connectivity index (χ0) is 10.2. The average Bonchev–Trinajstić information content (AvgIpc) is 2.17. The summed E-state index contributed by atoms with van der Waals surface area (Å²) in [6.45, 7) is 4.70. The smallest absolute Gasteiger partial charge is 0.0200 e. The average molecular weight is 271 g/mol. The van der Waals surface area contributed by atoms with Gasteiger partial charge in [0.1, 0.15) is 0 Å². The quantitative estimate of drug-likeness (QED) is 0.689. The molecule has 0 aliphatic carbocycles. The van der Waals surface area contributed by atoms with E-state index in [1.54, 1.807) is 0 Å². The molecule has 1 aliphatic heterocycles. The summed E-state index contributed by atoms with van der Waals surface area (Å²) in [6, 6.07) is 8.80. The number of halogens is 1. The Morgan fingerprint density at radius 3 is 2.86 bits per heavy atom. The Hall–Kier alpha value is 0.0500. The molecular weight excluding hydrogens is 256 g/mol. The van der Waals surface area contributed by atoms with Crippen LogP contribution in [0.25, 0.3) is 0 Å². The number of benzene rings is 1. The molecule has 1 aliphatic rings. The highest BCUT2D eigenvalue weighted by atomic mass is 79.9. The summed E-state index contributed by atoms with van der Waals surface area (Å²) in [5.41, 5.74) is 1.85. The van der Waals surface area contributed by atoms with Crippen molar-refractivity contribution in [3.05, 3.63) is 29.8 Å². The fourth-order valence-corrected chi connectivity index (χ4v) is 4.29. The van der Waals surface area contributed by atoms with Crippen molar-refractivity contribution in [2.75, 3.05) is 5.33 Å². The molecule has 1 aromatic carbocycles. The van der Waals surface area contributed by atoms with Gasteiger partial charge in [-0.1, -0.05) is 48.0 Å². The van der Waals surface area contributed by atoms with Crippen molar-refractivity contribution < 1.29 is 0 Å². The van der Waals surface area contributed by atoms with E-state index in [0.717, 1.165) is 10.6 Å². The van der Waals surface area contributed by atoms with E-state index in [4.69, 9.17) is 0 Å². The van der Waals surface area contributed by atoms with Crippen LogP contribution < -0.4 is 0 Å². The van der Waals surface area contributed by atoms with Gasteiger partial charge in [0, 0.05) is 15.5 Å². The molecule has 0 nitrogen and oxygen atoms in total. The van der Waals surface area contributed by atoms with E-state index in [9.17, 15) is 0 Å². The molecule has 0 radical (unpaired) electrons. The molecule has 1 unspecified atom stereocenters. The van der Waals surface area contributed by atoms with Crippen LogP contribution in [0.1, 0.15) is 25.8 Å². The van der Waals surface area contributed by atoms with Crippen LogP contribution in [0.3, 0.4) is 0 Å². The van der Waals surface area contributed by atoms with Crippen LogP contribution in [-0.2, 0) is 5.41 Å². The van der Waals surface area contributed by atoms with Crippen LogP contribution in [0, 0.1) is 0 Å². The van der Waals surface area contributed by atoms with E-state index >= 15 is 0 Å². The summed E-state index contributed by atoms with van der Waals surface area (Å²) < 4.78 is 0. The van der Waals surface area contributed by atoms with Gasteiger partial charge in [-0.05, 0) is 23.5 Å². The molecule has 0 fully saturated rings. The molecule has 1 atom stereocenters. The standard InChI is InChI=1S/C12H15BrS/c1-12(2)7-9(8-13)14-11-6-4-3-5-10(11)12/h3-6,9H,7-8H2,1-2H3. The predicted octanol–water partition coefficient (Wildman–Crippen LogP) is 4.22. The van der Waals surface area contributed by atoms with E-state index in [-0.39, 0.29) is 0 Å². The summed E-state index contributed by atoms with van der Waals surface area (Å²) >= 11 is 5.61. The minimum absolute atomic E-state index is 0.334. The van der Waals surface area contributed by atoms with Crippen LogP contribution in [0.4, 0.5) is 0 Å². The molecule has 0 aromatic heterocycles. The summed E-state index contributed by atoms with van der Waals surface area (Å²) in [5, 5.41) is 1.81. The van der Waals surface area contributed by atoms with E-state index in [0.29, 0.717) is 5.41 Å². The molecule has 0 amide bonds. The van der Waals surface area contributed by atoms with Crippen LogP contribution in [0.15, 0.2) is 29.2 Å². The van der Waals surface area contributed by atoms with E-state index in [2.05, 4.69) is 54.0 Å². The normalized spacial score (nSPS) is 24.4. The zero-order valence-electron chi connectivity index (χ0n) is 8.59. The Bertz CT molecular complexity index is 333. The highest BCUT2D eigenvalue weighted by molar-refractivity contribution is 9.09. The monoisotopic (exact) mass is 270 g/mol. The molecule has 0 saturated heterocycles. The lowest BCUT2D eigenvalue weighted by molar-refractivity contribution is 0.464. The maximum atomic E-state index is 3.59. The van der Waals surface area contributed by atoms with Crippen molar-refractivity contribution in [3.8, 4) is 0 Å². The number of hydrogen-bond donors (Lipinski definition) is 0. The summed E-state index contributed by atoms with van der Waals surface area (Å²) in [5.74, 6) is 0. The first-order valence-electron chi connectivity index (χ1n) is 4.95. The fourth-order valence-electron chi connectivity index (χ4n) is 2.11. The molecule has 1 aromatic rings. The van der Waals surface area contributed by atoms with E-state index in [1.807, 2.05) is 11.8 Å². The van der Waals surface area contributed by atoms with Crippen LogP contribution in [0.2, 0.25) is 0 Å². The van der Waals surface area contributed by atoms with Gasteiger partial charge in [0.2, 0.25) is 0 Å². The van der Waals surface area contributed by atoms with Crippen molar-refractivity contribution in [1.82, 2.24) is 0 Å². The van der Waals surface area contributed by atoms with Crippen molar-refractivity contribution in [3.63, 3.8) is 0 Å². The number of rotatable bonds is 1. The van der Waals surface area contributed by atoms with Crippen LogP contribution in [0.5, 0.6) is 0 Å². The zero-order valence-corrected chi connectivity index (χ0v) is 11.0. The van der Waals surface area contributed by atoms with Gasteiger partial charge in [0.25, 0.3) is 0 Å². The Kier molecular flexibility index (Phi) is 2.94. The number of alkyl halides is 1. The topological polar surface area (TPSA) is 0 Å². The molecule has 0 spiro atoms. The molecule has 1 heterocycles. The Balaban J connectivity index is 2.41. The molecular formula is C12H15BrS. The third-order valence-electron chi connectivity index (χ3n) is 2.82. The first kappa shape index (κ1) is 10.6. The molecule has 2 heteroatoms. The third-order valence-corrected chi connectivity index (χ3v) is 5.31. The highest BCUT2D eigenvalue weighted by Gasteiger charge is 2.32. The maximum Gasteiger partial charge on any atom is 0.0200 e. The molecule has 2 rings (SSSR count). The highest BCUT2D eigenvalue weighted by Crippen LogP contribution is 2.45. The minimum atomic E-state index is 0.334. The van der Waals surface area contributed by atoms with E-state index < -0.39 is 0 Å². The van der Waals surface area contributed by atoms with Gasteiger partial charge in [0.05, 0.1) is 0 Å². The maximum absolute atomic E-state index is 3.59. The molecule has 0 saturated carbocycles. The first-order chi connectivity index (χ1) is 6.63. The Labute approximate surface area is 98.6 Å². The van der Waals surface area contributed by atoms with Crippen molar-refractivity contribution in [2.24, 2.45) is 0 Å². The second-order valence-corrected chi connectivity index (χ2v) is 6.47. The van der Waals surface area contributed by atoms with Gasteiger partial charge >= 0.3 is 0 Å². The van der Waals surface area contributed by atoms with Crippen LogP contribution >= 0.6 is 27.7 Å². The summed E-state index contributed by atoms with van der Waals surface area (Å²) in [7, 11) is 0. The molecule has 0 N–H and O–H groups in total. The second kappa shape index (κ2) is 3.90. The van der Waals surface area contributed by atoms with Gasteiger partial charge in [-0.15, -0.1) is 11.8 Å². The number of thioether (sulfide) groups is 1. The summed E-state index contributed by atoms with van der Waals surface area (Å²) in [4.78, 5) is 1.47. The largest absolute Gasteiger partial charge is 0.122 e. The van der Waals surface area contributed by atoms with Crippen molar-refractivity contribution in [1.29, 1.82) is 0 Å². The lowest BCUT2D eigenvalue weighted by Gasteiger charge is -2.36. The summed E-state index contributed by atoms with van der Waals surface area (Å²) in [6.07, 6.45) is 1.26. The number of fused-ring (bicyclic) bond motifs is 1. The lowest BCUT2D eigenvalue weighted by atomic mass is 9.80. The first-order valence-corrected chi connectivity index (χ1v) is 6.96. The lowest BCUT2D eigenvalue weighted by Crippen LogP contribution is -2.28. The van der Waals surface area contributed by atoms with E-state index in [1.165, 1.54) is 16.9 Å². The van der Waals surface area contributed by atoms with Gasteiger partial charge in [0.15, 0.2) is 0 Å². The van der Waals surface area contributed by atoms with Gasteiger partial charge in [-0.25, -0.2) is 0 Å². The van der Waals surface area contributed by atoms with Crippen LogP contribution in [-0.4, -0.2) is 10.6 Å². The Morgan fingerprint density at radius 1 is 1.43 bits per heavy atom. The molecule has 14 heavy (non-hydrogen) atoms. The second-order valence-electron chi connectivity index (χ2n) is 4.48. The molecule has 0 bridgehead atoms. The van der Waals surface area contributed by atoms with Gasteiger partial charge in [-0.2, -0.15) is 0 Å². The SMILES string of the molecule is CC1(C)CC(CBr)Sc2ccccc21. The molecule has 76 valence electrons. The number of hydrogen-bond acceptors (Lipinski definition) is 1. The minimum Gasteiger partial charge on any atom is -0.122 e. The van der Waals surface area contributed by atoms with Crippen molar-refractivity contribution in [2.45, 2.75) is 35.8 Å². The van der Waals surface area contributed by atoms with Gasteiger partial charge < -0.3 is 0 Å². The Morgan fingerprint density at radius 2 is 2.14 bits per heavy atom. The van der Waals surface area contributed by atoms with Gasteiger partial charge in [-0.3, -0.25) is 0 Å². The third kappa shape index (κ3) is 1.87. The predicted molar refractivity (Wildman–Crippen MR) is 67.5 cm³/mol.